The van der Waals surface area contributed by atoms with Crippen LogP contribution in [0.5, 0.6) is 0 Å². The maximum Gasteiger partial charge on any atom is 1.00 e. The van der Waals surface area contributed by atoms with Crippen molar-refractivity contribution >= 4 is 5.97 Å². The molecule has 4 saturated carbocycles. The Morgan fingerprint density at radius 1 is 1.07 bits per heavy atom. The molecule has 2 unspecified atom stereocenters. The van der Waals surface area contributed by atoms with Crippen molar-refractivity contribution in [3.63, 3.8) is 0 Å². The molecule has 4 fully saturated rings. The zero-order valence-corrected chi connectivity index (χ0v) is 19.2. The molecule has 0 radical (unpaired) electrons. The van der Waals surface area contributed by atoms with Crippen molar-refractivity contribution in [2.45, 2.75) is 96.9 Å². The van der Waals surface area contributed by atoms with Gasteiger partial charge in [0, 0.05) is 5.97 Å². The molecule has 5 nitrogen and oxygen atoms in total. The number of fused-ring (bicyclic) bond motifs is 5. The van der Waals surface area contributed by atoms with Crippen LogP contribution in [0.1, 0.15) is 78.6 Å². The molecule has 0 aromatic carbocycles. The SMILES string of the molecule is CC(CCC(=O)[O-])[C@H]1CC[C@H]2[C@@H]3[C@H](O)CC4C[C@H](O)CC[C@]4(C)[C@H]3C[C@H](O)[C@]12C.[Li+]. The van der Waals surface area contributed by atoms with Gasteiger partial charge in [-0.05, 0) is 104 Å². The van der Waals surface area contributed by atoms with Gasteiger partial charge in [0.25, 0.3) is 0 Å². The van der Waals surface area contributed by atoms with Crippen molar-refractivity contribution in [1.82, 2.24) is 0 Å². The molecule has 4 rings (SSSR count). The first kappa shape index (κ1) is 24.6. The van der Waals surface area contributed by atoms with Gasteiger partial charge in [0.15, 0.2) is 0 Å². The van der Waals surface area contributed by atoms with E-state index in [-0.39, 0.29) is 72.0 Å². The molecule has 11 atom stereocenters. The molecule has 3 N–H and O–H groups in total. The Morgan fingerprint density at radius 3 is 2.43 bits per heavy atom. The summed E-state index contributed by atoms with van der Waals surface area (Å²) in [4.78, 5) is 11.0. The van der Waals surface area contributed by atoms with Gasteiger partial charge in [-0.15, -0.1) is 0 Å². The molecular formula is C24H39LiO5. The molecule has 6 heteroatoms. The zero-order valence-electron chi connectivity index (χ0n) is 19.2. The van der Waals surface area contributed by atoms with E-state index in [2.05, 4.69) is 20.8 Å². The molecule has 0 spiro atoms. The smallest absolute Gasteiger partial charge is 0.550 e. The van der Waals surface area contributed by atoms with Gasteiger partial charge < -0.3 is 25.2 Å². The van der Waals surface area contributed by atoms with Gasteiger partial charge in [-0.25, -0.2) is 0 Å². The Kier molecular flexibility index (Phi) is 7.14. The van der Waals surface area contributed by atoms with E-state index in [4.69, 9.17) is 0 Å². The van der Waals surface area contributed by atoms with Crippen LogP contribution in [0.2, 0.25) is 0 Å². The molecule has 0 amide bonds. The van der Waals surface area contributed by atoms with Crippen molar-refractivity contribution < 1.29 is 44.1 Å². The number of hydrogen-bond donors (Lipinski definition) is 3. The molecule has 4 aliphatic rings. The van der Waals surface area contributed by atoms with Gasteiger partial charge in [0.1, 0.15) is 0 Å². The Labute approximate surface area is 193 Å². The third-order valence-corrected chi connectivity index (χ3v) is 10.3. The fourth-order valence-corrected chi connectivity index (χ4v) is 8.68. The maximum absolute atomic E-state index is 11.5. The number of carbonyl (C=O) groups is 1. The van der Waals surface area contributed by atoms with Crippen molar-refractivity contribution in [1.29, 1.82) is 0 Å². The fraction of sp³-hybridized carbons (Fsp3) is 0.958. The van der Waals surface area contributed by atoms with Crippen LogP contribution < -0.4 is 24.0 Å². The second-order valence-electron chi connectivity index (χ2n) is 11.4. The minimum atomic E-state index is -0.998. The summed E-state index contributed by atoms with van der Waals surface area (Å²) >= 11 is 0. The number of carbonyl (C=O) groups excluding carboxylic acids is 1. The van der Waals surface area contributed by atoms with Gasteiger partial charge in [-0.1, -0.05) is 20.8 Å². The van der Waals surface area contributed by atoms with Gasteiger partial charge >= 0.3 is 18.9 Å². The standard InChI is InChI=1S/C24H40O5.Li/c1-13(4-7-21(28)29)16-5-6-17-22-18(12-20(27)24(16,17)3)23(2)9-8-15(25)10-14(23)11-19(22)26;/h13-20,22,25-27H,4-12H2,1-3H3,(H,28,29);/q;+1/p-1/t13?,14?,15-,16-,17+,18+,19-,20+,22+,23+,24-;/m1./s1. The van der Waals surface area contributed by atoms with Crippen LogP contribution in [0, 0.1) is 46.3 Å². The van der Waals surface area contributed by atoms with Crippen LogP contribution in [0.4, 0.5) is 0 Å². The predicted molar refractivity (Wildman–Crippen MR) is 107 cm³/mol. The van der Waals surface area contributed by atoms with Crippen LogP contribution in [-0.2, 0) is 4.79 Å². The van der Waals surface area contributed by atoms with E-state index in [0.29, 0.717) is 18.3 Å². The number of carboxylic acids is 1. The quantitative estimate of drug-likeness (QED) is 0.519. The van der Waals surface area contributed by atoms with E-state index in [0.717, 1.165) is 44.9 Å². The number of carboxylic acid groups (broad SMARTS) is 1. The summed E-state index contributed by atoms with van der Waals surface area (Å²) in [5.41, 5.74) is -0.172. The molecule has 166 valence electrons. The summed E-state index contributed by atoms with van der Waals surface area (Å²) in [6.45, 7) is 6.67. The van der Waals surface area contributed by atoms with Crippen molar-refractivity contribution in [3.05, 3.63) is 0 Å². The minimum absolute atomic E-state index is 0. The van der Waals surface area contributed by atoms with Crippen LogP contribution >= 0.6 is 0 Å². The van der Waals surface area contributed by atoms with Crippen molar-refractivity contribution in [3.8, 4) is 0 Å². The second-order valence-corrected chi connectivity index (χ2v) is 11.4. The van der Waals surface area contributed by atoms with Crippen LogP contribution in [-0.4, -0.2) is 39.6 Å². The van der Waals surface area contributed by atoms with E-state index >= 15 is 0 Å². The average molecular weight is 415 g/mol. The maximum atomic E-state index is 11.5. The van der Waals surface area contributed by atoms with Crippen LogP contribution in [0.3, 0.4) is 0 Å². The fourth-order valence-electron chi connectivity index (χ4n) is 8.68. The van der Waals surface area contributed by atoms with Crippen LogP contribution in [0.15, 0.2) is 0 Å². The molecule has 30 heavy (non-hydrogen) atoms. The number of aliphatic carboxylic acids is 1. The molecule has 0 aromatic heterocycles. The van der Waals surface area contributed by atoms with Crippen molar-refractivity contribution in [2.75, 3.05) is 0 Å². The largest absolute Gasteiger partial charge is 1.00 e. The van der Waals surface area contributed by atoms with Gasteiger partial charge in [-0.2, -0.15) is 0 Å². The predicted octanol–water partition coefficient (Wildman–Crippen LogP) is -0.882. The normalized spacial score (nSPS) is 51.1. The Hall–Kier alpha value is -0.0526. The van der Waals surface area contributed by atoms with E-state index in [1.165, 1.54) is 0 Å². The first-order valence-electron chi connectivity index (χ1n) is 11.8. The Morgan fingerprint density at radius 2 is 1.77 bits per heavy atom. The monoisotopic (exact) mass is 414 g/mol. The van der Waals surface area contributed by atoms with Crippen molar-refractivity contribution in [2.24, 2.45) is 46.3 Å². The third kappa shape index (κ3) is 3.71. The topological polar surface area (TPSA) is 101 Å². The minimum Gasteiger partial charge on any atom is -0.550 e. The number of aliphatic hydroxyl groups excluding tert-OH is 3. The number of hydrogen-bond acceptors (Lipinski definition) is 5. The summed E-state index contributed by atoms with van der Waals surface area (Å²) < 4.78 is 0. The Bertz CT molecular complexity index is 643. The molecule has 4 aliphatic carbocycles. The first-order chi connectivity index (χ1) is 13.6. The summed E-state index contributed by atoms with van der Waals surface area (Å²) in [5, 5.41) is 43.9. The molecule has 0 bridgehead atoms. The molecular weight excluding hydrogens is 375 g/mol. The first-order valence-corrected chi connectivity index (χ1v) is 11.8. The van der Waals surface area contributed by atoms with E-state index < -0.39 is 12.1 Å². The summed E-state index contributed by atoms with van der Waals surface area (Å²) in [6.07, 6.45) is 5.72. The molecule has 0 aromatic rings. The molecule has 0 saturated heterocycles. The van der Waals surface area contributed by atoms with Gasteiger partial charge in [-0.3, -0.25) is 0 Å². The second kappa shape index (κ2) is 8.71. The molecule has 0 heterocycles. The number of rotatable bonds is 4. The average Bonchev–Trinajstić information content (AvgIpc) is 3.01. The summed E-state index contributed by atoms with van der Waals surface area (Å²) in [6, 6.07) is 0. The molecule has 0 aliphatic heterocycles. The van der Waals surface area contributed by atoms with E-state index in [1.54, 1.807) is 0 Å². The van der Waals surface area contributed by atoms with Gasteiger partial charge in [0.2, 0.25) is 0 Å². The Balaban J connectivity index is 0.00000256. The number of aliphatic hydroxyl groups is 3. The van der Waals surface area contributed by atoms with Crippen LogP contribution in [0.25, 0.3) is 0 Å². The van der Waals surface area contributed by atoms with E-state index in [9.17, 15) is 25.2 Å². The summed E-state index contributed by atoms with van der Waals surface area (Å²) in [5.74, 6) is 0.635. The third-order valence-electron chi connectivity index (χ3n) is 10.3. The van der Waals surface area contributed by atoms with Gasteiger partial charge in [0.05, 0.1) is 18.3 Å². The summed E-state index contributed by atoms with van der Waals surface area (Å²) in [7, 11) is 0. The zero-order chi connectivity index (χ0) is 21.1. The van der Waals surface area contributed by atoms with E-state index in [1.807, 2.05) is 0 Å².